The van der Waals surface area contributed by atoms with Gasteiger partial charge in [-0.1, -0.05) is 74.0 Å². The molecule has 0 unspecified atom stereocenters. The summed E-state index contributed by atoms with van der Waals surface area (Å²) in [5.41, 5.74) is 1.33. The fourth-order valence-electron chi connectivity index (χ4n) is 1.63. The third kappa shape index (κ3) is 2.92. The second kappa shape index (κ2) is 4.50. The molecular formula is C13H21Si2. The highest BCUT2D eigenvalue weighted by Crippen LogP contribution is 2.05. The molecule has 2 heteroatoms. The van der Waals surface area contributed by atoms with Crippen molar-refractivity contribution in [1.82, 2.24) is 0 Å². The second-order valence-electron chi connectivity index (χ2n) is 5.26. The Morgan fingerprint density at radius 1 is 1.20 bits per heavy atom. The molecule has 0 aromatic heterocycles. The lowest BCUT2D eigenvalue weighted by molar-refractivity contribution is 1.67. The Hall–Kier alpha value is -0.606. The molecule has 0 fully saturated rings. The van der Waals surface area contributed by atoms with Crippen LogP contribution in [-0.2, 0) is 0 Å². The third-order valence-electron chi connectivity index (χ3n) is 2.68. The van der Waals surface area contributed by atoms with Gasteiger partial charge in [0.05, 0.1) is 16.9 Å². The summed E-state index contributed by atoms with van der Waals surface area (Å²) in [7, 11) is -1.55. The van der Waals surface area contributed by atoms with Crippen LogP contribution in [0.4, 0.5) is 0 Å². The van der Waals surface area contributed by atoms with Crippen molar-refractivity contribution >= 4 is 33.3 Å². The number of rotatable bonds is 3. The minimum Gasteiger partial charge on any atom is -0.0985 e. The van der Waals surface area contributed by atoms with Crippen LogP contribution in [0, 0.1) is 0 Å². The maximum absolute atomic E-state index is 3.89. The van der Waals surface area contributed by atoms with E-state index in [-0.39, 0.29) is 8.80 Å². The minimum absolute atomic E-state index is 0.385. The van der Waals surface area contributed by atoms with Crippen LogP contribution in [0.1, 0.15) is 5.56 Å². The van der Waals surface area contributed by atoms with Gasteiger partial charge in [0.25, 0.3) is 0 Å². The Bertz CT molecular complexity index is 359. The van der Waals surface area contributed by atoms with Gasteiger partial charge in [0, 0.05) is 0 Å². The Labute approximate surface area is 96.7 Å². The molecule has 0 saturated carbocycles. The van der Waals surface area contributed by atoms with E-state index in [1.807, 2.05) is 6.08 Å². The molecule has 0 aliphatic heterocycles. The number of benzene rings is 1. The van der Waals surface area contributed by atoms with Crippen molar-refractivity contribution < 1.29 is 0 Å². The topological polar surface area (TPSA) is 0 Å². The lowest BCUT2D eigenvalue weighted by Crippen LogP contribution is -2.41. The number of hydrogen-bond acceptors (Lipinski definition) is 0. The van der Waals surface area contributed by atoms with Gasteiger partial charge in [0.1, 0.15) is 0 Å². The zero-order chi connectivity index (χ0) is 11.6. The molecule has 81 valence electrons. The molecule has 0 bridgehead atoms. The summed E-state index contributed by atoms with van der Waals surface area (Å²) in [5, 5.41) is 3.10. The lowest BCUT2D eigenvalue weighted by atomic mass is 10.2. The van der Waals surface area contributed by atoms with Gasteiger partial charge in [0.2, 0.25) is 0 Å². The second-order valence-corrected chi connectivity index (χ2v) is 12.9. The quantitative estimate of drug-likeness (QED) is 0.704. The first kappa shape index (κ1) is 12.5. The highest BCUT2D eigenvalue weighted by Gasteiger charge is 2.18. The molecule has 0 aliphatic rings. The first-order valence-corrected chi connectivity index (χ1v) is 11.4. The minimum atomic E-state index is -1.16. The van der Waals surface area contributed by atoms with Gasteiger partial charge in [-0.3, -0.25) is 0 Å². The van der Waals surface area contributed by atoms with Crippen LogP contribution in [0.5, 0.6) is 0 Å². The normalized spacial score (nSPS) is 11.9. The standard InChI is InChI=1S/C13H21Si2/c1-7-11-8-9-12(15(4,5)6)10-13(11)14(2)3/h7-10H,1H2,2-6H3. The maximum atomic E-state index is 3.89. The maximum Gasteiger partial charge on any atom is 0.0799 e. The van der Waals surface area contributed by atoms with E-state index < -0.39 is 8.07 Å². The summed E-state index contributed by atoms with van der Waals surface area (Å²) in [6.45, 7) is 15.8. The lowest BCUT2D eigenvalue weighted by Gasteiger charge is -2.20. The van der Waals surface area contributed by atoms with E-state index in [0.717, 1.165) is 0 Å². The molecule has 0 amide bonds. The first-order valence-electron chi connectivity index (χ1n) is 5.43. The molecule has 0 atom stereocenters. The van der Waals surface area contributed by atoms with Gasteiger partial charge in [-0.05, 0) is 5.56 Å². The smallest absolute Gasteiger partial charge is 0.0799 e. The molecule has 0 nitrogen and oxygen atoms in total. The molecule has 0 heterocycles. The molecule has 0 N–H and O–H groups in total. The Morgan fingerprint density at radius 2 is 1.80 bits per heavy atom. The van der Waals surface area contributed by atoms with Crippen molar-refractivity contribution in [3.05, 3.63) is 30.3 Å². The van der Waals surface area contributed by atoms with Crippen molar-refractivity contribution in [1.29, 1.82) is 0 Å². The molecule has 0 aliphatic carbocycles. The van der Waals surface area contributed by atoms with Crippen LogP contribution < -0.4 is 10.4 Å². The molecule has 0 saturated heterocycles. The van der Waals surface area contributed by atoms with E-state index in [4.69, 9.17) is 0 Å². The van der Waals surface area contributed by atoms with Gasteiger partial charge < -0.3 is 0 Å². The van der Waals surface area contributed by atoms with E-state index in [9.17, 15) is 0 Å². The highest BCUT2D eigenvalue weighted by atomic mass is 28.3. The van der Waals surface area contributed by atoms with Crippen LogP contribution in [-0.4, -0.2) is 16.9 Å². The highest BCUT2D eigenvalue weighted by molar-refractivity contribution is 6.89. The van der Waals surface area contributed by atoms with Crippen LogP contribution in [0.25, 0.3) is 6.08 Å². The summed E-state index contributed by atoms with van der Waals surface area (Å²) in [4.78, 5) is 0. The zero-order valence-corrected chi connectivity index (χ0v) is 12.5. The van der Waals surface area contributed by atoms with Crippen molar-refractivity contribution in [2.75, 3.05) is 0 Å². The fourth-order valence-corrected chi connectivity index (χ4v) is 4.15. The summed E-state index contributed by atoms with van der Waals surface area (Å²) >= 11 is 0. The van der Waals surface area contributed by atoms with Gasteiger partial charge in [-0.15, -0.1) is 0 Å². The van der Waals surface area contributed by atoms with Gasteiger partial charge in [-0.2, -0.15) is 0 Å². The molecule has 0 spiro atoms. The molecular weight excluding hydrogens is 212 g/mol. The molecule has 1 aromatic carbocycles. The van der Waals surface area contributed by atoms with Crippen molar-refractivity contribution in [2.45, 2.75) is 32.7 Å². The molecule has 1 radical (unpaired) electrons. The van der Waals surface area contributed by atoms with E-state index in [1.165, 1.54) is 10.8 Å². The van der Waals surface area contributed by atoms with Crippen LogP contribution in [0.15, 0.2) is 24.8 Å². The van der Waals surface area contributed by atoms with Crippen molar-refractivity contribution in [3.63, 3.8) is 0 Å². The molecule has 15 heavy (non-hydrogen) atoms. The predicted octanol–water partition coefficient (Wildman–Crippen LogP) is 2.84. The Balaban J connectivity index is 3.28. The summed E-state index contributed by atoms with van der Waals surface area (Å²) in [5.74, 6) is 0. The third-order valence-corrected chi connectivity index (χ3v) is 6.23. The van der Waals surface area contributed by atoms with E-state index in [0.29, 0.717) is 0 Å². The number of hydrogen-bond donors (Lipinski definition) is 0. The van der Waals surface area contributed by atoms with Crippen molar-refractivity contribution in [2.24, 2.45) is 0 Å². The largest absolute Gasteiger partial charge is 0.0985 e. The van der Waals surface area contributed by atoms with Gasteiger partial charge in [0.15, 0.2) is 0 Å². The SMILES string of the molecule is C=Cc1ccc([Si](C)(C)C)cc1[Si](C)C. The van der Waals surface area contributed by atoms with E-state index in [2.05, 4.69) is 57.5 Å². The molecule has 1 aromatic rings. The van der Waals surface area contributed by atoms with Gasteiger partial charge >= 0.3 is 0 Å². The fraction of sp³-hybridized carbons (Fsp3) is 0.385. The van der Waals surface area contributed by atoms with Crippen LogP contribution >= 0.6 is 0 Å². The zero-order valence-electron chi connectivity index (χ0n) is 10.5. The van der Waals surface area contributed by atoms with Crippen molar-refractivity contribution in [3.8, 4) is 0 Å². The van der Waals surface area contributed by atoms with Crippen LogP contribution in [0.2, 0.25) is 32.7 Å². The average molecular weight is 233 g/mol. The van der Waals surface area contributed by atoms with E-state index in [1.54, 1.807) is 5.19 Å². The predicted molar refractivity (Wildman–Crippen MR) is 76.6 cm³/mol. The Morgan fingerprint density at radius 3 is 2.20 bits per heavy atom. The van der Waals surface area contributed by atoms with Gasteiger partial charge in [-0.25, -0.2) is 0 Å². The summed E-state index contributed by atoms with van der Waals surface area (Å²) in [6.07, 6.45) is 1.99. The molecule has 1 rings (SSSR count). The average Bonchev–Trinajstić information content (AvgIpc) is 2.15. The monoisotopic (exact) mass is 233 g/mol. The summed E-state index contributed by atoms with van der Waals surface area (Å²) < 4.78 is 0. The van der Waals surface area contributed by atoms with E-state index >= 15 is 0 Å². The first-order chi connectivity index (χ1) is 6.86. The van der Waals surface area contributed by atoms with Crippen LogP contribution in [0.3, 0.4) is 0 Å². The Kier molecular flexibility index (Phi) is 3.73. The summed E-state index contributed by atoms with van der Waals surface area (Å²) in [6, 6.07) is 6.96.